The summed E-state index contributed by atoms with van der Waals surface area (Å²) in [7, 11) is 0. The molecule has 1 aromatic carbocycles. The van der Waals surface area contributed by atoms with Crippen molar-refractivity contribution in [3.8, 4) is 17.2 Å². The highest BCUT2D eigenvalue weighted by molar-refractivity contribution is 5.98. The quantitative estimate of drug-likeness (QED) is 0.453. The standard InChI is InChI=1S/C26H28N8O2/c1-17-16-36-11-10-33(17)24-13-20(21(15-28)26(31-24)30-23-7-8-29-32-23)18-5-6-22(19(12-18)14-27)34-9-3-2-4-25(34)35/h5-8,12-13,15,17,28H,2-4,9-11,16H2,1H3,(H2,29,30,31,32)/t17-/m1/s1. The van der Waals surface area contributed by atoms with Gasteiger partial charge in [-0.25, -0.2) is 4.98 Å². The van der Waals surface area contributed by atoms with Crippen molar-refractivity contribution in [3.05, 3.63) is 47.7 Å². The van der Waals surface area contributed by atoms with Gasteiger partial charge in [0.2, 0.25) is 5.91 Å². The van der Waals surface area contributed by atoms with Gasteiger partial charge in [-0.3, -0.25) is 9.89 Å². The smallest absolute Gasteiger partial charge is 0.227 e. The van der Waals surface area contributed by atoms with Gasteiger partial charge in [0, 0.05) is 37.4 Å². The number of aromatic amines is 1. The lowest BCUT2D eigenvalue weighted by molar-refractivity contribution is -0.119. The predicted molar refractivity (Wildman–Crippen MR) is 138 cm³/mol. The SMILES string of the molecule is C[C@@H]1COCCN1c1cc(-c2ccc(N3CCCCC3=O)c(C#N)c2)c(C=N)c(Nc2ccn[nH]2)n1. The maximum Gasteiger partial charge on any atom is 0.227 e. The fraction of sp³-hybridized carbons (Fsp3) is 0.346. The van der Waals surface area contributed by atoms with Crippen LogP contribution in [0.5, 0.6) is 0 Å². The van der Waals surface area contributed by atoms with Crippen molar-refractivity contribution in [1.82, 2.24) is 15.2 Å². The number of ether oxygens (including phenoxy) is 1. The minimum absolute atomic E-state index is 0.0456. The Kier molecular flexibility index (Phi) is 6.64. The molecule has 184 valence electrons. The minimum atomic E-state index is 0.0456. The highest BCUT2D eigenvalue weighted by Gasteiger charge is 2.25. The van der Waals surface area contributed by atoms with Crippen LogP contribution in [0.4, 0.5) is 23.1 Å². The number of amides is 1. The summed E-state index contributed by atoms with van der Waals surface area (Å²) in [5.74, 6) is 1.96. The van der Waals surface area contributed by atoms with Gasteiger partial charge in [0.25, 0.3) is 0 Å². The maximum absolute atomic E-state index is 12.5. The molecule has 2 saturated heterocycles. The van der Waals surface area contributed by atoms with Gasteiger partial charge in [0.15, 0.2) is 0 Å². The number of hydrogen-bond acceptors (Lipinski definition) is 8. The molecular weight excluding hydrogens is 456 g/mol. The van der Waals surface area contributed by atoms with E-state index in [1.165, 1.54) is 6.21 Å². The Hall–Kier alpha value is -4.23. The largest absolute Gasteiger partial charge is 0.377 e. The number of anilines is 4. The van der Waals surface area contributed by atoms with E-state index in [0.717, 1.165) is 29.8 Å². The van der Waals surface area contributed by atoms with Crippen molar-refractivity contribution in [2.24, 2.45) is 0 Å². The lowest BCUT2D eigenvalue weighted by Gasteiger charge is -2.35. The third-order valence-electron chi connectivity index (χ3n) is 6.65. The van der Waals surface area contributed by atoms with E-state index in [2.05, 4.69) is 33.4 Å². The molecule has 0 spiro atoms. The zero-order valence-electron chi connectivity index (χ0n) is 20.1. The molecule has 10 nitrogen and oxygen atoms in total. The summed E-state index contributed by atoms with van der Waals surface area (Å²) in [5.41, 5.74) is 3.19. The fourth-order valence-corrected chi connectivity index (χ4v) is 4.78. The second-order valence-corrected chi connectivity index (χ2v) is 8.99. The topological polar surface area (TPSA) is 134 Å². The van der Waals surface area contributed by atoms with Crippen molar-refractivity contribution in [1.29, 1.82) is 10.7 Å². The molecule has 36 heavy (non-hydrogen) atoms. The molecule has 0 bridgehead atoms. The van der Waals surface area contributed by atoms with E-state index in [4.69, 9.17) is 15.1 Å². The molecule has 2 fully saturated rings. The van der Waals surface area contributed by atoms with Gasteiger partial charge in [-0.2, -0.15) is 10.4 Å². The van der Waals surface area contributed by atoms with Crippen LogP contribution in [0.3, 0.4) is 0 Å². The van der Waals surface area contributed by atoms with E-state index in [9.17, 15) is 10.1 Å². The van der Waals surface area contributed by atoms with Crippen molar-refractivity contribution in [3.63, 3.8) is 0 Å². The van der Waals surface area contributed by atoms with Gasteiger partial charge in [-0.05, 0) is 49.1 Å². The molecule has 1 atom stereocenters. The molecule has 2 aromatic heterocycles. The molecule has 0 radical (unpaired) electrons. The molecule has 3 N–H and O–H groups in total. The van der Waals surface area contributed by atoms with Crippen molar-refractivity contribution in [2.75, 3.05) is 41.4 Å². The van der Waals surface area contributed by atoms with Crippen molar-refractivity contribution >= 4 is 35.3 Å². The average Bonchev–Trinajstić information content (AvgIpc) is 3.41. The number of rotatable bonds is 6. The number of aromatic nitrogens is 3. The van der Waals surface area contributed by atoms with Crippen LogP contribution in [-0.4, -0.2) is 59.6 Å². The number of piperidine rings is 1. The Labute approximate surface area is 209 Å². The summed E-state index contributed by atoms with van der Waals surface area (Å²) >= 11 is 0. The number of carbonyl (C=O) groups is 1. The lowest BCUT2D eigenvalue weighted by atomic mass is 9.97. The first-order valence-electron chi connectivity index (χ1n) is 12.1. The highest BCUT2D eigenvalue weighted by atomic mass is 16.5. The third kappa shape index (κ3) is 4.53. The monoisotopic (exact) mass is 484 g/mol. The Balaban J connectivity index is 1.63. The number of nitrogens with one attached hydrogen (secondary N) is 3. The Bertz CT molecular complexity index is 1310. The summed E-state index contributed by atoms with van der Waals surface area (Å²) < 4.78 is 5.62. The van der Waals surface area contributed by atoms with Crippen LogP contribution in [0, 0.1) is 16.7 Å². The molecule has 4 heterocycles. The fourth-order valence-electron chi connectivity index (χ4n) is 4.78. The summed E-state index contributed by atoms with van der Waals surface area (Å²) in [4.78, 5) is 21.3. The lowest BCUT2D eigenvalue weighted by Crippen LogP contribution is -2.44. The normalized spacial score (nSPS) is 18.1. The first-order valence-corrected chi connectivity index (χ1v) is 12.1. The van der Waals surface area contributed by atoms with Crippen LogP contribution >= 0.6 is 0 Å². The molecule has 5 rings (SSSR count). The average molecular weight is 485 g/mol. The van der Waals surface area contributed by atoms with E-state index in [-0.39, 0.29) is 11.9 Å². The van der Waals surface area contributed by atoms with Gasteiger partial charge in [0.05, 0.1) is 36.7 Å². The van der Waals surface area contributed by atoms with Gasteiger partial charge in [-0.1, -0.05) is 6.07 Å². The number of morpholine rings is 1. The van der Waals surface area contributed by atoms with Gasteiger partial charge >= 0.3 is 0 Å². The van der Waals surface area contributed by atoms with Gasteiger partial charge < -0.3 is 25.3 Å². The number of pyridine rings is 1. The van der Waals surface area contributed by atoms with E-state index in [0.29, 0.717) is 61.2 Å². The van der Waals surface area contributed by atoms with E-state index < -0.39 is 0 Å². The zero-order chi connectivity index (χ0) is 25.1. The molecule has 2 aliphatic heterocycles. The molecule has 0 aliphatic carbocycles. The summed E-state index contributed by atoms with van der Waals surface area (Å²) in [6.07, 6.45) is 5.20. The van der Waals surface area contributed by atoms with Crippen LogP contribution in [0.25, 0.3) is 11.1 Å². The number of H-pyrrole nitrogens is 1. The van der Waals surface area contributed by atoms with Crippen molar-refractivity contribution < 1.29 is 9.53 Å². The second-order valence-electron chi connectivity index (χ2n) is 8.99. The van der Waals surface area contributed by atoms with Crippen LogP contribution in [-0.2, 0) is 9.53 Å². The molecule has 10 heteroatoms. The number of carbonyl (C=O) groups excluding carboxylic acids is 1. The second kappa shape index (κ2) is 10.2. The molecule has 3 aromatic rings. The number of hydrogen-bond donors (Lipinski definition) is 3. The zero-order valence-corrected chi connectivity index (χ0v) is 20.1. The molecular formula is C26H28N8O2. The summed E-state index contributed by atoms with van der Waals surface area (Å²) in [6.45, 7) is 4.61. The van der Waals surface area contributed by atoms with Crippen LogP contribution in [0.15, 0.2) is 36.5 Å². The van der Waals surface area contributed by atoms with Crippen LogP contribution in [0.2, 0.25) is 0 Å². The Morgan fingerprint density at radius 3 is 2.89 bits per heavy atom. The van der Waals surface area contributed by atoms with Gasteiger partial charge in [0.1, 0.15) is 23.5 Å². The number of nitriles is 1. The van der Waals surface area contributed by atoms with E-state index in [1.807, 2.05) is 18.2 Å². The summed E-state index contributed by atoms with van der Waals surface area (Å²) in [5, 5.41) is 28.3. The summed E-state index contributed by atoms with van der Waals surface area (Å²) in [6, 6.07) is 11.7. The number of nitrogens with zero attached hydrogens (tertiary/aromatic N) is 5. The van der Waals surface area contributed by atoms with Crippen molar-refractivity contribution in [2.45, 2.75) is 32.2 Å². The predicted octanol–water partition coefficient (Wildman–Crippen LogP) is 3.83. The first-order chi connectivity index (χ1) is 17.6. The van der Waals surface area contributed by atoms with E-state index >= 15 is 0 Å². The van der Waals surface area contributed by atoms with Gasteiger partial charge in [-0.15, -0.1) is 0 Å². The molecule has 0 unspecified atom stereocenters. The van der Waals surface area contributed by atoms with Crippen LogP contribution < -0.4 is 15.1 Å². The first kappa shape index (κ1) is 23.5. The molecule has 0 saturated carbocycles. The molecule has 2 aliphatic rings. The maximum atomic E-state index is 12.5. The molecule has 1 amide bonds. The minimum Gasteiger partial charge on any atom is -0.377 e. The van der Waals surface area contributed by atoms with E-state index in [1.54, 1.807) is 23.2 Å². The Morgan fingerprint density at radius 1 is 1.28 bits per heavy atom. The van der Waals surface area contributed by atoms with Crippen LogP contribution in [0.1, 0.15) is 37.3 Å². The number of benzene rings is 1. The third-order valence-corrected chi connectivity index (χ3v) is 6.65. The Morgan fingerprint density at radius 2 is 2.17 bits per heavy atom. The highest BCUT2D eigenvalue weighted by Crippen LogP contribution is 2.36.